The molecule has 0 bridgehead atoms. The molecule has 0 aliphatic rings. The summed E-state index contributed by atoms with van der Waals surface area (Å²) in [5.41, 5.74) is 1.58. The van der Waals surface area contributed by atoms with E-state index in [9.17, 15) is 35.4 Å². The highest BCUT2D eigenvalue weighted by atomic mass is 16.5. The predicted molar refractivity (Wildman–Crippen MR) is 162 cm³/mol. The number of fused-ring (bicyclic) bond motifs is 4. The van der Waals surface area contributed by atoms with E-state index in [0.29, 0.717) is 43.8 Å². The number of hydrogen-bond acceptors (Lipinski definition) is 11. The SMILES string of the molecule is COc1c(Cc2cc3c(-c4ccc(O)c(O)c4)c(OC)c(=O)c(OC)c3c3cc4cc(O)c(O)cc4oc23)ccc(O)c1O. The summed E-state index contributed by atoms with van der Waals surface area (Å²) in [5, 5.41) is 62.9. The van der Waals surface area contributed by atoms with Crippen LogP contribution in [0.4, 0.5) is 0 Å². The van der Waals surface area contributed by atoms with Gasteiger partial charge in [0.1, 0.15) is 11.2 Å². The van der Waals surface area contributed by atoms with Crippen LogP contribution in [-0.4, -0.2) is 52.0 Å². The number of phenols is 6. The minimum atomic E-state index is -0.585. The fourth-order valence-electron chi connectivity index (χ4n) is 5.60. The first-order chi connectivity index (χ1) is 21.1. The Hall–Kier alpha value is -5.97. The molecule has 0 aliphatic heterocycles. The van der Waals surface area contributed by atoms with Crippen molar-refractivity contribution < 1.29 is 49.3 Å². The second-order valence-electron chi connectivity index (χ2n) is 10.1. The number of hydrogen-bond donors (Lipinski definition) is 6. The molecule has 0 saturated carbocycles. The van der Waals surface area contributed by atoms with Crippen LogP contribution in [0.3, 0.4) is 0 Å². The van der Waals surface area contributed by atoms with Gasteiger partial charge in [-0.1, -0.05) is 12.1 Å². The van der Waals surface area contributed by atoms with Gasteiger partial charge in [0, 0.05) is 45.3 Å². The molecule has 0 fully saturated rings. The minimum Gasteiger partial charge on any atom is -0.504 e. The Labute approximate surface area is 248 Å². The van der Waals surface area contributed by atoms with E-state index in [-0.39, 0.29) is 52.1 Å². The summed E-state index contributed by atoms with van der Waals surface area (Å²) >= 11 is 0. The lowest BCUT2D eigenvalue weighted by molar-refractivity contribution is 0.348. The Kier molecular flexibility index (Phi) is 6.65. The minimum absolute atomic E-state index is 0.0374. The van der Waals surface area contributed by atoms with Gasteiger partial charge in [-0.25, -0.2) is 0 Å². The number of rotatable bonds is 6. The lowest BCUT2D eigenvalue weighted by Crippen LogP contribution is -2.11. The molecule has 0 atom stereocenters. The Morgan fingerprint density at radius 2 is 1.30 bits per heavy atom. The molecule has 0 spiro atoms. The molecule has 0 radical (unpaired) electrons. The number of phenolic OH excluding ortho intramolecular Hbond substituents is 6. The summed E-state index contributed by atoms with van der Waals surface area (Å²) in [6, 6.07) is 13.0. The van der Waals surface area contributed by atoms with Gasteiger partial charge >= 0.3 is 0 Å². The molecule has 6 aromatic rings. The molecule has 0 aliphatic carbocycles. The van der Waals surface area contributed by atoms with Crippen molar-refractivity contribution in [1.82, 2.24) is 0 Å². The van der Waals surface area contributed by atoms with Crippen LogP contribution >= 0.6 is 0 Å². The number of benzene rings is 5. The smallest absolute Gasteiger partial charge is 0.263 e. The fraction of sp³-hybridized carbons (Fsp3) is 0.121. The monoisotopic (exact) mass is 598 g/mol. The van der Waals surface area contributed by atoms with E-state index in [1.807, 2.05) is 0 Å². The first-order valence-electron chi connectivity index (χ1n) is 13.2. The molecule has 0 unspecified atom stereocenters. The molecule has 0 saturated heterocycles. The average Bonchev–Trinajstić information content (AvgIpc) is 3.00. The zero-order valence-corrected chi connectivity index (χ0v) is 23.6. The van der Waals surface area contributed by atoms with E-state index in [4.69, 9.17) is 18.6 Å². The summed E-state index contributed by atoms with van der Waals surface area (Å²) in [6.07, 6.45) is 0.0898. The topological polar surface area (TPSA) is 179 Å². The van der Waals surface area contributed by atoms with Gasteiger partial charge in [-0.3, -0.25) is 4.79 Å². The molecule has 11 nitrogen and oxygen atoms in total. The van der Waals surface area contributed by atoms with Crippen LogP contribution in [0, 0.1) is 0 Å². The summed E-state index contributed by atoms with van der Waals surface area (Å²) in [4.78, 5) is 13.8. The van der Waals surface area contributed by atoms with Gasteiger partial charge in [0.2, 0.25) is 5.75 Å². The second-order valence-corrected chi connectivity index (χ2v) is 10.1. The van der Waals surface area contributed by atoms with Gasteiger partial charge in [0.25, 0.3) is 5.43 Å². The zero-order chi connectivity index (χ0) is 31.4. The van der Waals surface area contributed by atoms with E-state index in [2.05, 4.69) is 0 Å². The second kappa shape index (κ2) is 10.4. The van der Waals surface area contributed by atoms with Gasteiger partial charge in [-0.15, -0.1) is 0 Å². The molecule has 1 aromatic heterocycles. The van der Waals surface area contributed by atoms with Crippen LogP contribution in [-0.2, 0) is 6.42 Å². The normalized spacial score (nSPS) is 11.3. The van der Waals surface area contributed by atoms with Gasteiger partial charge in [-0.2, -0.15) is 0 Å². The Bertz CT molecular complexity index is 2200. The molecular formula is C33H26O11. The molecule has 0 amide bonds. The summed E-state index contributed by atoms with van der Waals surface area (Å²) < 4.78 is 22.9. The van der Waals surface area contributed by atoms with Crippen LogP contribution in [0.2, 0.25) is 0 Å². The highest BCUT2D eigenvalue weighted by molar-refractivity contribution is 6.17. The van der Waals surface area contributed by atoms with Crippen LogP contribution in [0.15, 0.2) is 63.8 Å². The van der Waals surface area contributed by atoms with Gasteiger partial charge in [-0.05, 0) is 47.3 Å². The van der Waals surface area contributed by atoms with Crippen LogP contribution in [0.1, 0.15) is 11.1 Å². The Balaban J connectivity index is 1.83. The van der Waals surface area contributed by atoms with Gasteiger partial charge in [0.15, 0.2) is 46.0 Å². The van der Waals surface area contributed by atoms with E-state index in [1.165, 1.54) is 57.7 Å². The zero-order valence-electron chi connectivity index (χ0n) is 23.6. The molecule has 1 heterocycles. The Morgan fingerprint density at radius 3 is 1.98 bits per heavy atom. The lowest BCUT2D eigenvalue weighted by atomic mass is 9.90. The van der Waals surface area contributed by atoms with E-state index < -0.39 is 22.7 Å². The van der Waals surface area contributed by atoms with Crippen molar-refractivity contribution in [3.63, 3.8) is 0 Å². The molecule has 11 heteroatoms. The molecular weight excluding hydrogens is 572 g/mol. The molecule has 224 valence electrons. The summed E-state index contributed by atoms with van der Waals surface area (Å²) in [6.45, 7) is 0. The third kappa shape index (κ3) is 4.25. The molecule has 6 rings (SSSR count). The van der Waals surface area contributed by atoms with Crippen molar-refractivity contribution in [3.8, 4) is 62.9 Å². The quantitative estimate of drug-likeness (QED) is 0.0796. The third-order valence-electron chi connectivity index (χ3n) is 7.60. The maximum Gasteiger partial charge on any atom is 0.263 e. The number of methoxy groups -OCH3 is 3. The highest BCUT2D eigenvalue weighted by Crippen LogP contribution is 2.47. The van der Waals surface area contributed by atoms with Gasteiger partial charge in [0.05, 0.1) is 21.3 Å². The summed E-state index contributed by atoms with van der Waals surface area (Å²) in [5.74, 6) is -2.46. The van der Waals surface area contributed by atoms with Gasteiger partial charge < -0.3 is 49.3 Å². The molecule has 5 aromatic carbocycles. The fourth-order valence-corrected chi connectivity index (χ4v) is 5.60. The first-order valence-corrected chi connectivity index (χ1v) is 13.2. The third-order valence-corrected chi connectivity index (χ3v) is 7.60. The molecule has 44 heavy (non-hydrogen) atoms. The van der Waals surface area contributed by atoms with Crippen molar-refractivity contribution >= 4 is 32.7 Å². The Morgan fingerprint density at radius 1 is 0.636 bits per heavy atom. The maximum atomic E-state index is 13.8. The average molecular weight is 599 g/mol. The summed E-state index contributed by atoms with van der Waals surface area (Å²) in [7, 11) is 4.02. The molecule has 6 N–H and O–H groups in total. The maximum absolute atomic E-state index is 13.8. The van der Waals surface area contributed by atoms with E-state index in [0.717, 1.165) is 0 Å². The van der Waals surface area contributed by atoms with E-state index in [1.54, 1.807) is 18.2 Å². The van der Waals surface area contributed by atoms with Crippen molar-refractivity contribution in [1.29, 1.82) is 0 Å². The van der Waals surface area contributed by atoms with Crippen molar-refractivity contribution in [2.45, 2.75) is 6.42 Å². The van der Waals surface area contributed by atoms with Crippen molar-refractivity contribution in [2.24, 2.45) is 0 Å². The largest absolute Gasteiger partial charge is 0.504 e. The van der Waals surface area contributed by atoms with Crippen LogP contribution < -0.4 is 19.6 Å². The van der Waals surface area contributed by atoms with Crippen molar-refractivity contribution in [3.05, 3.63) is 75.9 Å². The number of ether oxygens (including phenoxy) is 3. The first kappa shape index (κ1) is 28.2. The standard InChI is InChI=1S/C33H26O11/c1-41-31-15(5-7-21(35)28(31)39)8-17-10-18-26(14-4-6-20(34)22(36)11-14)32(42-2)29(40)33(43-3)27(18)19-9-16-12-23(37)24(38)13-25(16)44-30(17)19/h4-7,9-13,34-39H,8H2,1-3H3. The van der Waals surface area contributed by atoms with E-state index >= 15 is 0 Å². The lowest BCUT2D eigenvalue weighted by Gasteiger charge is -2.19. The highest BCUT2D eigenvalue weighted by Gasteiger charge is 2.26. The predicted octanol–water partition coefficient (Wildman–Crippen LogP) is 5.62. The van der Waals surface area contributed by atoms with Crippen LogP contribution in [0.5, 0.6) is 51.7 Å². The van der Waals surface area contributed by atoms with Crippen molar-refractivity contribution in [2.75, 3.05) is 21.3 Å². The van der Waals surface area contributed by atoms with Crippen LogP contribution in [0.25, 0.3) is 43.8 Å². The number of aromatic hydroxyl groups is 6.